The van der Waals surface area contributed by atoms with Crippen molar-refractivity contribution >= 4 is 11.7 Å². The molecule has 0 saturated heterocycles. The lowest BCUT2D eigenvalue weighted by molar-refractivity contribution is 0.0951. The second-order valence-electron chi connectivity index (χ2n) is 3.69. The molecule has 0 aliphatic carbocycles. The molecule has 2 heterocycles. The van der Waals surface area contributed by atoms with Gasteiger partial charge in [0.15, 0.2) is 0 Å². The highest BCUT2D eigenvalue weighted by molar-refractivity contribution is 5.98. The molecule has 18 heavy (non-hydrogen) atoms. The number of nitrogens with zero attached hydrogens (tertiary/aromatic N) is 2. The van der Waals surface area contributed by atoms with Gasteiger partial charge in [0, 0.05) is 32.2 Å². The number of hydrogen-bond acceptors (Lipinski definition) is 4. The number of amides is 1. The minimum atomic E-state index is -0.156. The van der Waals surface area contributed by atoms with Gasteiger partial charge >= 0.3 is 0 Å². The van der Waals surface area contributed by atoms with Crippen LogP contribution < -0.4 is 10.6 Å². The maximum atomic E-state index is 12.0. The van der Waals surface area contributed by atoms with Gasteiger partial charge in [0.05, 0.1) is 5.56 Å². The van der Waals surface area contributed by atoms with E-state index in [0.29, 0.717) is 17.9 Å². The average Bonchev–Trinajstić information content (AvgIpc) is 2.45. The van der Waals surface area contributed by atoms with Crippen LogP contribution in [0.4, 0.5) is 5.82 Å². The number of hydrogen-bond donors (Lipinski definition) is 2. The molecular formula is C13H14N4O. The summed E-state index contributed by atoms with van der Waals surface area (Å²) in [6.45, 7) is 0.449. The van der Waals surface area contributed by atoms with E-state index in [1.165, 1.54) is 0 Å². The van der Waals surface area contributed by atoms with E-state index >= 15 is 0 Å². The van der Waals surface area contributed by atoms with Crippen LogP contribution >= 0.6 is 0 Å². The highest BCUT2D eigenvalue weighted by Gasteiger charge is 2.10. The van der Waals surface area contributed by atoms with E-state index in [1.807, 2.05) is 12.1 Å². The summed E-state index contributed by atoms with van der Waals surface area (Å²) >= 11 is 0. The van der Waals surface area contributed by atoms with Crippen molar-refractivity contribution in [2.45, 2.75) is 6.54 Å². The van der Waals surface area contributed by atoms with E-state index in [4.69, 9.17) is 0 Å². The zero-order chi connectivity index (χ0) is 12.8. The first kappa shape index (κ1) is 12.0. The molecule has 0 spiro atoms. The van der Waals surface area contributed by atoms with E-state index in [1.54, 1.807) is 37.8 Å². The topological polar surface area (TPSA) is 66.9 Å². The molecule has 2 aromatic rings. The normalized spacial score (nSPS) is 9.83. The summed E-state index contributed by atoms with van der Waals surface area (Å²) in [5, 5.41) is 5.72. The molecule has 0 aliphatic heterocycles. The molecule has 0 aromatic carbocycles. The lowest BCUT2D eigenvalue weighted by Crippen LogP contribution is -2.24. The third-order valence-electron chi connectivity index (χ3n) is 2.47. The Kier molecular flexibility index (Phi) is 3.86. The first-order chi connectivity index (χ1) is 8.81. The third-order valence-corrected chi connectivity index (χ3v) is 2.47. The van der Waals surface area contributed by atoms with Gasteiger partial charge in [-0.05, 0) is 23.8 Å². The van der Waals surface area contributed by atoms with Crippen LogP contribution in [0.1, 0.15) is 15.9 Å². The van der Waals surface area contributed by atoms with Crippen LogP contribution in [0.3, 0.4) is 0 Å². The molecule has 0 saturated carbocycles. The van der Waals surface area contributed by atoms with Gasteiger partial charge in [0.25, 0.3) is 5.91 Å². The predicted molar refractivity (Wildman–Crippen MR) is 69.2 cm³/mol. The molecule has 1 amide bonds. The van der Waals surface area contributed by atoms with Crippen molar-refractivity contribution in [1.29, 1.82) is 0 Å². The minimum Gasteiger partial charge on any atom is -0.372 e. The standard InChI is InChI=1S/C13H14N4O/c1-14-12-11(5-3-7-16-12)13(18)17-9-10-4-2-6-15-8-10/h2-8H,9H2,1H3,(H,14,16)(H,17,18). The first-order valence-corrected chi connectivity index (χ1v) is 5.61. The van der Waals surface area contributed by atoms with E-state index in [2.05, 4.69) is 20.6 Å². The van der Waals surface area contributed by atoms with Gasteiger partial charge in [-0.2, -0.15) is 0 Å². The van der Waals surface area contributed by atoms with Crippen molar-refractivity contribution in [3.05, 3.63) is 54.0 Å². The van der Waals surface area contributed by atoms with Gasteiger partial charge in [-0.1, -0.05) is 6.07 Å². The summed E-state index contributed by atoms with van der Waals surface area (Å²) < 4.78 is 0. The first-order valence-electron chi connectivity index (χ1n) is 5.61. The van der Waals surface area contributed by atoms with Crippen molar-refractivity contribution in [3.63, 3.8) is 0 Å². The summed E-state index contributed by atoms with van der Waals surface area (Å²) in [4.78, 5) is 20.1. The second kappa shape index (κ2) is 5.77. The van der Waals surface area contributed by atoms with Crippen LogP contribution in [-0.2, 0) is 6.54 Å². The Balaban J connectivity index is 2.04. The van der Waals surface area contributed by atoms with Gasteiger partial charge in [-0.3, -0.25) is 9.78 Å². The molecule has 0 bridgehead atoms. The number of pyridine rings is 2. The van der Waals surface area contributed by atoms with E-state index in [-0.39, 0.29) is 5.91 Å². The minimum absolute atomic E-state index is 0.156. The highest BCUT2D eigenvalue weighted by Crippen LogP contribution is 2.10. The van der Waals surface area contributed by atoms with Crippen molar-refractivity contribution in [3.8, 4) is 0 Å². The third kappa shape index (κ3) is 2.82. The van der Waals surface area contributed by atoms with Gasteiger partial charge in [-0.15, -0.1) is 0 Å². The van der Waals surface area contributed by atoms with Crippen LogP contribution in [-0.4, -0.2) is 22.9 Å². The molecule has 0 atom stereocenters. The zero-order valence-electron chi connectivity index (χ0n) is 10.1. The SMILES string of the molecule is CNc1ncccc1C(=O)NCc1cccnc1. The molecular weight excluding hydrogens is 228 g/mol. The van der Waals surface area contributed by atoms with Crippen LogP contribution in [0.15, 0.2) is 42.9 Å². The monoisotopic (exact) mass is 242 g/mol. The molecule has 92 valence electrons. The fourth-order valence-corrected chi connectivity index (χ4v) is 1.57. The molecule has 0 aliphatic rings. The fraction of sp³-hybridized carbons (Fsp3) is 0.154. The average molecular weight is 242 g/mol. The summed E-state index contributed by atoms with van der Waals surface area (Å²) in [6.07, 6.45) is 5.07. The molecule has 2 N–H and O–H groups in total. The predicted octanol–water partition coefficient (Wildman–Crippen LogP) is 1.45. The van der Waals surface area contributed by atoms with Gasteiger partial charge < -0.3 is 10.6 Å². The number of aromatic nitrogens is 2. The second-order valence-corrected chi connectivity index (χ2v) is 3.69. The highest BCUT2D eigenvalue weighted by atomic mass is 16.1. The Morgan fingerprint density at radius 2 is 2.11 bits per heavy atom. The van der Waals surface area contributed by atoms with Crippen molar-refractivity contribution < 1.29 is 4.79 Å². The Morgan fingerprint density at radius 1 is 1.28 bits per heavy atom. The largest absolute Gasteiger partial charge is 0.372 e. The van der Waals surface area contributed by atoms with E-state index in [9.17, 15) is 4.79 Å². The molecule has 5 nitrogen and oxygen atoms in total. The Bertz CT molecular complexity index is 528. The fourth-order valence-electron chi connectivity index (χ4n) is 1.57. The maximum Gasteiger partial charge on any atom is 0.255 e. The van der Waals surface area contributed by atoms with Crippen molar-refractivity contribution in [2.75, 3.05) is 12.4 Å². The van der Waals surface area contributed by atoms with Crippen molar-refractivity contribution in [1.82, 2.24) is 15.3 Å². The molecule has 0 radical (unpaired) electrons. The van der Waals surface area contributed by atoms with Crippen molar-refractivity contribution in [2.24, 2.45) is 0 Å². The van der Waals surface area contributed by atoms with Crippen LogP contribution in [0, 0.1) is 0 Å². The van der Waals surface area contributed by atoms with E-state index < -0.39 is 0 Å². The summed E-state index contributed by atoms with van der Waals surface area (Å²) in [5.41, 5.74) is 1.49. The van der Waals surface area contributed by atoms with Crippen LogP contribution in [0.2, 0.25) is 0 Å². The number of rotatable bonds is 4. The molecule has 0 unspecified atom stereocenters. The lowest BCUT2D eigenvalue weighted by atomic mass is 10.2. The lowest BCUT2D eigenvalue weighted by Gasteiger charge is -2.08. The number of carbonyl (C=O) groups excluding carboxylic acids is 1. The number of anilines is 1. The van der Waals surface area contributed by atoms with Gasteiger partial charge in [-0.25, -0.2) is 4.98 Å². The number of nitrogens with one attached hydrogen (secondary N) is 2. The Morgan fingerprint density at radius 3 is 2.83 bits per heavy atom. The molecule has 2 rings (SSSR count). The Labute approximate surface area is 105 Å². The molecule has 0 fully saturated rings. The quantitative estimate of drug-likeness (QED) is 0.851. The number of carbonyl (C=O) groups is 1. The molecule has 2 aromatic heterocycles. The maximum absolute atomic E-state index is 12.0. The molecule has 5 heteroatoms. The summed E-state index contributed by atoms with van der Waals surface area (Å²) in [6, 6.07) is 7.22. The van der Waals surface area contributed by atoms with Gasteiger partial charge in [0.2, 0.25) is 0 Å². The van der Waals surface area contributed by atoms with Crippen LogP contribution in [0.5, 0.6) is 0 Å². The van der Waals surface area contributed by atoms with Crippen LogP contribution in [0.25, 0.3) is 0 Å². The zero-order valence-corrected chi connectivity index (χ0v) is 10.1. The smallest absolute Gasteiger partial charge is 0.255 e. The van der Waals surface area contributed by atoms with E-state index in [0.717, 1.165) is 5.56 Å². The summed E-state index contributed by atoms with van der Waals surface area (Å²) in [7, 11) is 1.74. The van der Waals surface area contributed by atoms with Gasteiger partial charge in [0.1, 0.15) is 5.82 Å². The Hall–Kier alpha value is -2.43. The summed E-state index contributed by atoms with van der Waals surface area (Å²) in [5.74, 6) is 0.414.